The molecular weight excluding hydrogens is 292 g/mol. The van der Waals surface area contributed by atoms with E-state index in [2.05, 4.69) is 40.6 Å². The van der Waals surface area contributed by atoms with Gasteiger partial charge >= 0.3 is 0 Å². The van der Waals surface area contributed by atoms with E-state index in [0.717, 1.165) is 23.2 Å². The maximum atomic E-state index is 5.69. The number of ether oxygens (including phenoxy) is 1. The van der Waals surface area contributed by atoms with E-state index in [1.54, 1.807) is 0 Å². The van der Waals surface area contributed by atoms with Crippen LogP contribution in [-0.2, 0) is 4.08 Å². The van der Waals surface area contributed by atoms with Crippen LogP contribution in [-0.4, -0.2) is 19.1 Å². The first-order valence-corrected chi connectivity index (χ1v) is 7.99. The molecule has 0 aliphatic carbocycles. The summed E-state index contributed by atoms with van der Waals surface area (Å²) in [4.78, 5) is 0. The van der Waals surface area contributed by atoms with Crippen LogP contribution >= 0.6 is 39.5 Å². The second kappa shape index (κ2) is 4.60. The molecule has 1 aliphatic rings. The fourth-order valence-corrected chi connectivity index (χ4v) is 4.22. The van der Waals surface area contributed by atoms with Crippen molar-refractivity contribution in [3.8, 4) is 5.75 Å². The zero-order valence-corrected chi connectivity index (χ0v) is 12.0. The minimum atomic E-state index is 0.164. The summed E-state index contributed by atoms with van der Waals surface area (Å²) < 4.78 is 6.98. The van der Waals surface area contributed by atoms with E-state index < -0.39 is 0 Å². The first-order valence-electron chi connectivity index (χ1n) is 4.75. The lowest BCUT2D eigenvalue weighted by molar-refractivity contribution is 0.280. The number of rotatable bonds is 2. The summed E-state index contributed by atoms with van der Waals surface area (Å²) in [6.45, 7) is 0.816. The van der Waals surface area contributed by atoms with Crippen molar-refractivity contribution in [3.05, 3.63) is 28.2 Å². The molecule has 0 saturated heterocycles. The Hall–Kier alpha value is 0.200. The largest absolute Gasteiger partial charge is 0.493 e. The molecule has 0 spiro atoms. The maximum absolute atomic E-state index is 5.69. The van der Waals surface area contributed by atoms with Crippen molar-refractivity contribution in [1.82, 2.24) is 0 Å². The minimum absolute atomic E-state index is 0.164. The molecule has 0 unspecified atom stereocenters. The third-order valence-corrected chi connectivity index (χ3v) is 6.36. The van der Waals surface area contributed by atoms with Crippen LogP contribution in [0.5, 0.6) is 5.75 Å². The molecule has 0 N–H and O–H groups in total. The van der Waals surface area contributed by atoms with Gasteiger partial charge in [0.25, 0.3) is 0 Å². The number of hydrogen-bond acceptors (Lipinski definition) is 3. The molecule has 1 heterocycles. The SMILES string of the molecule is CSC1(SC)CCOc2ccc(Br)cc21. The Balaban J connectivity index is 2.53. The van der Waals surface area contributed by atoms with E-state index in [4.69, 9.17) is 4.74 Å². The molecule has 0 amide bonds. The van der Waals surface area contributed by atoms with Crippen molar-refractivity contribution in [2.45, 2.75) is 10.5 Å². The molecule has 15 heavy (non-hydrogen) atoms. The first-order chi connectivity index (χ1) is 7.22. The molecule has 82 valence electrons. The average Bonchev–Trinajstić information content (AvgIpc) is 2.28. The zero-order chi connectivity index (χ0) is 10.9. The van der Waals surface area contributed by atoms with E-state index in [1.807, 2.05) is 29.6 Å². The highest BCUT2D eigenvalue weighted by Gasteiger charge is 2.36. The third-order valence-electron chi connectivity index (χ3n) is 2.70. The lowest BCUT2D eigenvalue weighted by Gasteiger charge is -2.36. The summed E-state index contributed by atoms with van der Waals surface area (Å²) in [5.74, 6) is 1.04. The van der Waals surface area contributed by atoms with Gasteiger partial charge in [0.05, 0.1) is 10.7 Å². The van der Waals surface area contributed by atoms with E-state index in [9.17, 15) is 0 Å². The summed E-state index contributed by atoms with van der Waals surface area (Å²) >= 11 is 7.34. The molecule has 0 bridgehead atoms. The van der Waals surface area contributed by atoms with Crippen molar-refractivity contribution in [2.24, 2.45) is 0 Å². The van der Waals surface area contributed by atoms with Gasteiger partial charge in [-0.1, -0.05) is 15.9 Å². The fraction of sp³-hybridized carbons (Fsp3) is 0.455. The summed E-state index contributed by atoms with van der Waals surface area (Å²) in [5, 5.41) is 0. The van der Waals surface area contributed by atoms with E-state index in [0.29, 0.717) is 0 Å². The van der Waals surface area contributed by atoms with Gasteiger partial charge < -0.3 is 4.74 Å². The lowest BCUT2D eigenvalue weighted by atomic mass is 10.1. The molecule has 1 aromatic carbocycles. The van der Waals surface area contributed by atoms with Crippen LogP contribution in [0.15, 0.2) is 22.7 Å². The van der Waals surface area contributed by atoms with Crippen LogP contribution in [0.2, 0.25) is 0 Å². The number of halogens is 1. The van der Waals surface area contributed by atoms with Gasteiger partial charge in [0.1, 0.15) is 5.75 Å². The van der Waals surface area contributed by atoms with Crippen LogP contribution in [0.1, 0.15) is 12.0 Å². The molecule has 0 fully saturated rings. The van der Waals surface area contributed by atoms with Crippen molar-refractivity contribution >= 4 is 39.5 Å². The zero-order valence-electron chi connectivity index (χ0n) is 8.75. The summed E-state index contributed by atoms with van der Waals surface area (Å²) in [6.07, 6.45) is 5.41. The number of fused-ring (bicyclic) bond motifs is 1. The Morgan fingerprint density at radius 2 is 2.07 bits per heavy atom. The highest BCUT2D eigenvalue weighted by Crippen LogP contribution is 2.52. The average molecular weight is 305 g/mol. The molecule has 0 aromatic heterocycles. The van der Waals surface area contributed by atoms with E-state index in [1.165, 1.54) is 5.56 Å². The van der Waals surface area contributed by atoms with Crippen molar-refractivity contribution in [1.29, 1.82) is 0 Å². The highest BCUT2D eigenvalue weighted by atomic mass is 79.9. The quantitative estimate of drug-likeness (QED) is 0.761. The van der Waals surface area contributed by atoms with Gasteiger partial charge in [-0.25, -0.2) is 0 Å². The smallest absolute Gasteiger partial charge is 0.124 e. The Bertz CT molecular complexity index is 364. The van der Waals surface area contributed by atoms with Gasteiger partial charge in [-0.2, -0.15) is 0 Å². The molecule has 2 rings (SSSR count). The lowest BCUT2D eigenvalue weighted by Crippen LogP contribution is -2.26. The monoisotopic (exact) mass is 304 g/mol. The summed E-state index contributed by atoms with van der Waals surface area (Å²) in [7, 11) is 0. The minimum Gasteiger partial charge on any atom is -0.493 e. The van der Waals surface area contributed by atoms with Gasteiger partial charge in [-0.3, -0.25) is 0 Å². The molecule has 1 nitrogen and oxygen atoms in total. The fourth-order valence-electron chi connectivity index (χ4n) is 1.86. The van der Waals surface area contributed by atoms with Gasteiger partial charge in [0.15, 0.2) is 0 Å². The number of benzene rings is 1. The van der Waals surface area contributed by atoms with Crippen molar-refractivity contribution in [3.63, 3.8) is 0 Å². The molecule has 1 aliphatic heterocycles. The second-order valence-corrected chi connectivity index (χ2v) is 6.78. The standard InChI is InChI=1S/C11H13BrOS2/c1-14-11(15-2)5-6-13-10-4-3-8(12)7-9(10)11/h3-4,7H,5-6H2,1-2H3. The molecule has 4 heteroatoms. The van der Waals surface area contributed by atoms with E-state index in [-0.39, 0.29) is 4.08 Å². The van der Waals surface area contributed by atoms with Crippen LogP contribution in [0.25, 0.3) is 0 Å². The maximum Gasteiger partial charge on any atom is 0.124 e. The predicted molar refractivity (Wildman–Crippen MR) is 73.0 cm³/mol. The molecular formula is C11H13BrOS2. The number of thioether (sulfide) groups is 2. The van der Waals surface area contributed by atoms with Crippen LogP contribution in [0.3, 0.4) is 0 Å². The normalized spacial score (nSPS) is 18.1. The van der Waals surface area contributed by atoms with Crippen molar-refractivity contribution in [2.75, 3.05) is 19.1 Å². The molecule has 0 atom stereocenters. The van der Waals surface area contributed by atoms with Gasteiger partial charge in [-0.05, 0) is 30.7 Å². The van der Waals surface area contributed by atoms with Crippen molar-refractivity contribution < 1.29 is 4.74 Å². The van der Waals surface area contributed by atoms with Gasteiger partial charge in [0, 0.05) is 16.5 Å². The Morgan fingerprint density at radius 3 is 2.73 bits per heavy atom. The Morgan fingerprint density at radius 1 is 1.33 bits per heavy atom. The number of hydrogen-bond donors (Lipinski definition) is 0. The topological polar surface area (TPSA) is 9.23 Å². The van der Waals surface area contributed by atoms with Crippen LogP contribution in [0.4, 0.5) is 0 Å². The summed E-state index contributed by atoms with van der Waals surface area (Å²) in [5.41, 5.74) is 1.31. The Kier molecular flexibility index (Phi) is 3.58. The molecule has 0 radical (unpaired) electrons. The van der Waals surface area contributed by atoms with Gasteiger partial charge in [-0.15, -0.1) is 23.5 Å². The summed E-state index contributed by atoms with van der Waals surface area (Å²) in [6, 6.07) is 6.27. The molecule has 0 saturated carbocycles. The highest BCUT2D eigenvalue weighted by molar-refractivity contribution is 9.10. The van der Waals surface area contributed by atoms with E-state index >= 15 is 0 Å². The second-order valence-electron chi connectivity index (χ2n) is 3.40. The van der Waals surface area contributed by atoms with Crippen LogP contribution in [0, 0.1) is 0 Å². The van der Waals surface area contributed by atoms with Gasteiger partial charge in [0.2, 0.25) is 0 Å². The predicted octanol–water partition coefficient (Wildman–Crippen LogP) is 4.11. The Labute approximate surface area is 107 Å². The first kappa shape index (κ1) is 11.7. The third kappa shape index (κ3) is 2.04. The molecule has 1 aromatic rings. The van der Waals surface area contributed by atoms with Crippen LogP contribution < -0.4 is 4.74 Å².